The molecule has 1 radical (unpaired) electrons. The molecule has 0 N–H and O–H groups in total. The Hall–Kier alpha value is 2.29. The summed E-state index contributed by atoms with van der Waals surface area (Å²) in [5, 5.41) is 0. The molecule has 0 aromatic rings. The summed E-state index contributed by atoms with van der Waals surface area (Å²) in [6.45, 7) is 0. The van der Waals surface area contributed by atoms with Gasteiger partial charge in [0.2, 0.25) is 0 Å². The van der Waals surface area contributed by atoms with Gasteiger partial charge in [-0.25, -0.2) is 0 Å². The molecule has 0 amide bonds. The topological polar surface area (TPSA) is 34.1 Å². The molecule has 0 fully saturated rings. The van der Waals surface area contributed by atoms with E-state index in [4.69, 9.17) is 7.79 Å². The summed E-state index contributed by atoms with van der Waals surface area (Å²) in [6, 6.07) is 0. The average Bonchev–Trinajstić information content (AvgIpc) is 1.50. The molecule has 0 aliphatic rings. The molecule has 0 heterocycles. The summed E-state index contributed by atoms with van der Waals surface area (Å²) < 4.78 is 15.8. The van der Waals surface area contributed by atoms with E-state index in [1.54, 1.807) is 0 Å². The van der Waals surface area contributed by atoms with Gasteiger partial charge in [0, 0.05) is 16.8 Å². The second-order valence-electron chi connectivity index (χ2n) is 0. The van der Waals surface area contributed by atoms with Gasteiger partial charge in [-0.05, 0) is 0 Å². The van der Waals surface area contributed by atoms with Crippen molar-refractivity contribution in [3.05, 3.63) is 0 Å². The van der Waals surface area contributed by atoms with Gasteiger partial charge in [0.15, 0.2) is 0 Å². The van der Waals surface area contributed by atoms with Crippen molar-refractivity contribution in [2.24, 2.45) is 0 Å². The first kappa shape index (κ1) is 34.7. The zero-order chi connectivity index (χ0) is 4.00. The predicted molar refractivity (Wildman–Crippen MR) is 15.7 cm³/mol. The molecule has 7 heavy (non-hydrogen) atoms. The van der Waals surface area contributed by atoms with Gasteiger partial charge in [-0.2, -0.15) is 0 Å². The summed E-state index contributed by atoms with van der Waals surface area (Å²) in [6.07, 6.45) is 0. The fourth-order valence-corrected chi connectivity index (χ4v) is 0. The quantitative estimate of drug-likeness (QED) is 0.467. The minimum atomic E-state index is 0. The van der Waals surface area contributed by atoms with Gasteiger partial charge in [-0.15, -0.1) is 0 Å². The SMILES string of the molecule is [Co].[LiH].[LiH].[O]=[Ni].[O]=[Ni]. The van der Waals surface area contributed by atoms with Crippen molar-refractivity contribution in [3.8, 4) is 0 Å². The summed E-state index contributed by atoms with van der Waals surface area (Å²) >= 11 is 5.25. The van der Waals surface area contributed by atoms with Gasteiger partial charge in [0.25, 0.3) is 0 Å². The van der Waals surface area contributed by atoms with Crippen LogP contribution in [-0.2, 0) is 55.4 Å². The van der Waals surface area contributed by atoms with E-state index in [-0.39, 0.29) is 54.5 Å². The van der Waals surface area contributed by atoms with Crippen LogP contribution < -0.4 is 0 Å². The Balaban J connectivity index is -0.00000000267. The van der Waals surface area contributed by atoms with Crippen molar-refractivity contribution < 1.29 is 55.4 Å². The van der Waals surface area contributed by atoms with Crippen LogP contribution in [0.1, 0.15) is 0 Å². The Morgan fingerprint density at radius 2 is 0.714 bits per heavy atom. The maximum absolute atomic E-state index is 7.88. The van der Waals surface area contributed by atoms with Crippen LogP contribution in [-0.4, -0.2) is 37.7 Å². The normalized spacial score (nSPS) is 1.71. The minimum absolute atomic E-state index is 0. The Kier molecular flexibility index (Phi) is 417. The molecular weight excluding hydrogens is 222 g/mol. The Bertz CT molecular complexity index is 15.7. The molecule has 0 unspecified atom stereocenters. The maximum atomic E-state index is 7.88. The van der Waals surface area contributed by atoms with E-state index in [0.717, 1.165) is 0 Å². The van der Waals surface area contributed by atoms with Gasteiger partial charge in [0.05, 0.1) is 0 Å². The van der Waals surface area contributed by atoms with E-state index in [1.165, 1.54) is 0 Å². The van der Waals surface area contributed by atoms with Crippen molar-refractivity contribution in [2.75, 3.05) is 0 Å². The second kappa shape index (κ2) is 84.1. The standard InChI is InChI=1S/Co.2Li.2Ni.2O.2H. The van der Waals surface area contributed by atoms with Gasteiger partial charge in [0.1, 0.15) is 0 Å². The first-order chi connectivity index (χ1) is 2.00. The van der Waals surface area contributed by atoms with Crippen LogP contribution in [0.5, 0.6) is 0 Å². The number of hydrogen-bond acceptors (Lipinski definition) is 2. The summed E-state index contributed by atoms with van der Waals surface area (Å²) in [4.78, 5) is 0. The molecule has 0 spiro atoms. The summed E-state index contributed by atoms with van der Waals surface area (Å²) in [7, 11) is 0. The van der Waals surface area contributed by atoms with Crippen LogP contribution in [0, 0.1) is 0 Å². The van der Waals surface area contributed by atoms with Crippen LogP contribution >= 0.6 is 0 Å². The predicted octanol–water partition coefficient (Wildman–Crippen LogP) is -1.54. The Morgan fingerprint density at radius 1 is 0.714 bits per heavy atom. The summed E-state index contributed by atoms with van der Waals surface area (Å²) in [5.41, 5.74) is 0. The zero-order valence-electron chi connectivity index (χ0n) is 1.78. The van der Waals surface area contributed by atoms with E-state index in [0.29, 0.717) is 0 Å². The van der Waals surface area contributed by atoms with Crippen LogP contribution in [0.25, 0.3) is 0 Å². The van der Waals surface area contributed by atoms with E-state index >= 15 is 0 Å². The third-order valence-electron chi connectivity index (χ3n) is 0. The molecule has 7 heteroatoms. The van der Waals surface area contributed by atoms with Crippen LogP contribution in [0.2, 0.25) is 0 Å². The van der Waals surface area contributed by atoms with Gasteiger partial charge in [-0.1, -0.05) is 0 Å². The molecule has 0 aliphatic heterocycles. The molecule has 0 rings (SSSR count). The van der Waals surface area contributed by atoms with E-state index < -0.39 is 0 Å². The fraction of sp³-hybridized carbons (Fsp3) is 0. The van der Waals surface area contributed by atoms with Crippen LogP contribution in [0.3, 0.4) is 0 Å². The molecule has 0 aromatic carbocycles. The monoisotopic (exact) mass is 223 g/mol. The molecule has 0 saturated carbocycles. The number of rotatable bonds is 0. The first-order valence-corrected chi connectivity index (χ1v) is 1.06. The first-order valence-electron chi connectivity index (χ1n) is 0.258. The summed E-state index contributed by atoms with van der Waals surface area (Å²) in [5.74, 6) is 0. The van der Waals surface area contributed by atoms with Crippen molar-refractivity contribution >= 4 is 37.7 Å². The average molecular weight is 224 g/mol. The molecule has 0 aromatic heterocycles. The van der Waals surface area contributed by atoms with Crippen LogP contribution in [0.15, 0.2) is 0 Å². The molecule has 0 atom stereocenters. The molecule has 0 bridgehead atoms. The van der Waals surface area contributed by atoms with Gasteiger partial charge in [-0.3, -0.25) is 0 Å². The van der Waals surface area contributed by atoms with Gasteiger partial charge < -0.3 is 0 Å². The molecule has 45 valence electrons. The Morgan fingerprint density at radius 3 is 0.714 bits per heavy atom. The molecule has 0 saturated heterocycles. The zero-order valence-corrected chi connectivity index (χ0v) is 4.80. The fourth-order valence-electron chi connectivity index (χ4n) is 0. The van der Waals surface area contributed by atoms with Crippen molar-refractivity contribution in [2.45, 2.75) is 0 Å². The molecular formula is H2CoLi2Ni2O2. The van der Waals surface area contributed by atoms with Gasteiger partial charge >= 0.3 is 76.3 Å². The van der Waals surface area contributed by atoms with E-state index in [9.17, 15) is 0 Å². The van der Waals surface area contributed by atoms with E-state index in [2.05, 4.69) is 30.8 Å². The van der Waals surface area contributed by atoms with Crippen molar-refractivity contribution in [3.63, 3.8) is 0 Å². The van der Waals surface area contributed by atoms with Crippen molar-refractivity contribution in [1.29, 1.82) is 0 Å². The van der Waals surface area contributed by atoms with Crippen molar-refractivity contribution in [1.82, 2.24) is 0 Å². The number of hydrogen-bond donors (Lipinski definition) is 0. The molecule has 0 aliphatic carbocycles. The third kappa shape index (κ3) is 62.6. The Labute approximate surface area is 92.0 Å². The van der Waals surface area contributed by atoms with Crippen LogP contribution in [0.4, 0.5) is 0 Å². The molecule has 2 nitrogen and oxygen atoms in total. The van der Waals surface area contributed by atoms with E-state index in [1.807, 2.05) is 0 Å². The third-order valence-corrected chi connectivity index (χ3v) is 0. The second-order valence-corrected chi connectivity index (χ2v) is 0.